The molecule has 0 radical (unpaired) electrons. The molecular weight excluding hydrogens is 248 g/mol. The molecule has 1 aromatic heterocycles. The van der Waals surface area contributed by atoms with E-state index in [-0.39, 0.29) is 12.5 Å². The third-order valence-electron chi connectivity index (χ3n) is 3.29. The zero-order valence-corrected chi connectivity index (χ0v) is 10.7. The number of H-pyrrole nitrogens is 1. The molecule has 0 aliphatic heterocycles. The minimum absolute atomic E-state index is 0.164. The Hall–Kier alpha value is -2.05. The van der Waals surface area contributed by atoms with E-state index in [0.29, 0.717) is 11.6 Å². The molecule has 104 valence electrons. The highest BCUT2D eigenvalue weighted by Gasteiger charge is 2.28. The van der Waals surface area contributed by atoms with E-state index in [0.717, 1.165) is 12.8 Å². The van der Waals surface area contributed by atoms with E-state index in [1.807, 2.05) is 0 Å². The lowest BCUT2D eigenvalue weighted by Gasteiger charge is -2.33. The number of carboxylic acid groups (broad SMARTS) is 1. The molecule has 0 spiro atoms. The standard InChI is InChI=1S/C12H18N4O3/c1-7-2-8(3-7)15-12(19)16-10(11(17)18)4-9-5-13-6-14-9/h5-8,10H,2-4H2,1H3,(H,13,14)(H,17,18)(H2,15,16,19)/t7?,8?,10-/m0/s1. The normalized spacial score (nSPS) is 23.2. The highest BCUT2D eigenvalue weighted by molar-refractivity contribution is 5.82. The lowest BCUT2D eigenvalue weighted by Crippen LogP contribution is -2.52. The highest BCUT2D eigenvalue weighted by Crippen LogP contribution is 2.25. The van der Waals surface area contributed by atoms with Crippen molar-refractivity contribution in [3.63, 3.8) is 0 Å². The summed E-state index contributed by atoms with van der Waals surface area (Å²) in [6.07, 6.45) is 5.11. The fourth-order valence-corrected chi connectivity index (χ4v) is 2.22. The van der Waals surface area contributed by atoms with Crippen LogP contribution in [0.1, 0.15) is 25.5 Å². The number of hydrogen-bond donors (Lipinski definition) is 4. The minimum atomic E-state index is -1.06. The van der Waals surface area contributed by atoms with Crippen LogP contribution < -0.4 is 10.6 Å². The number of imidazole rings is 1. The van der Waals surface area contributed by atoms with E-state index < -0.39 is 18.0 Å². The molecule has 2 amide bonds. The fourth-order valence-electron chi connectivity index (χ4n) is 2.22. The lowest BCUT2D eigenvalue weighted by atomic mass is 9.82. The van der Waals surface area contributed by atoms with E-state index in [1.54, 1.807) is 6.20 Å². The zero-order valence-electron chi connectivity index (χ0n) is 10.7. The smallest absolute Gasteiger partial charge is 0.326 e. The number of aromatic nitrogens is 2. The number of carbonyl (C=O) groups excluding carboxylic acids is 1. The van der Waals surface area contributed by atoms with Crippen molar-refractivity contribution in [2.45, 2.75) is 38.3 Å². The molecule has 1 atom stereocenters. The maximum atomic E-state index is 11.7. The van der Waals surface area contributed by atoms with Gasteiger partial charge in [0.15, 0.2) is 0 Å². The van der Waals surface area contributed by atoms with Crippen molar-refractivity contribution in [2.75, 3.05) is 0 Å². The van der Waals surface area contributed by atoms with Crippen LogP contribution in [0.3, 0.4) is 0 Å². The number of aromatic amines is 1. The lowest BCUT2D eigenvalue weighted by molar-refractivity contribution is -0.139. The summed E-state index contributed by atoms with van der Waals surface area (Å²) in [6, 6.07) is -1.22. The first kappa shape index (κ1) is 13.4. The third kappa shape index (κ3) is 3.70. The van der Waals surface area contributed by atoms with Gasteiger partial charge >= 0.3 is 12.0 Å². The summed E-state index contributed by atoms with van der Waals surface area (Å²) in [5, 5.41) is 14.3. The van der Waals surface area contributed by atoms with Crippen LogP contribution in [0.5, 0.6) is 0 Å². The number of carbonyl (C=O) groups is 2. The highest BCUT2D eigenvalue weighted by atomic mass is 16.4. The van der Waals surface area contributed by atoms with Gasteiger partial charge in [0.25, 0.3) is 0 Å². The Morgan fingerprint density at radius 2 is 2.32 bits per heavy atom. The van der Waals surface area contributed by atoms with Crippen LogP contribution in [-0.2, 0) is 11.2 Å². The summed E-state index contributed by atoms with van der Waals surface area (Å²) in [5.74, 6) is -0.433. The SMILES string of the molecule is CC1CC(NC(=O)N[C@@H](Cc2cnc[nH]2)C(=O)O)C1. The van der Waals surface area contributed by atoms with Gasteiger partial charge in [0.1, 0.15) is 6.04 Å². The van der Waals surface area contributed by atoms with Gasteiger partial charge in [-0.1, -0.05) is 6.92 Å². The number of nitrogens with zero attached hydrogens (tertiary/aromatic N) is 1. The Labute approximate surface area is 110 Å². The fraction of sp³-hybridized carbons (Fsp3) is 0.583. The molecule has 1 saturated carbocycles. The van der Waals surface area contributed by atoms with Crippen LogP contribution in [0.4, 0.5) is 4.79 Å². The van der Waals surface area contributed by atoms with Crippen LogP contribution in [-0.4, -0.2) is 39.2 Å². The Morgan fingerprint density at radius 1 is 1.58 bits per heavy atom. The van der Waals surface area contributed by atoms with Gasteiger partial charge in [0.05, 0.1) is 6.33 Å². The van der Waals surface area contributed by atoms with E-state index in [9.17, 15) is 9.59 Å². The van der Waals surface area contributed by atoms with Crippen molar-refractivity contribution in [3.8, 4) is 0 Å². The van der Waals surface area contributed by atoms with Crippen LogP contribution >= 0.6 is 0 Å². The molecule has 2 rings (SSSR count). The van der Waals surface area contributed by atoms with Crippen LogP contribution in [0, 0.1) is 5.92 Å². The Kier molecular flexibility index (Phi) is 4.03. The molecule has 0 bridgehead atoms. The number of urea groups is 1. The summed E-state index contributed by atoms with van der Waals surface area (Å²) in [7, 11) is 0. The third-order valence-corrected chi connectivity index (χ3v) is 3.29. The number of amides is 2. The van der Waals surface area contributed by atoms with Gasteiger partial charge in [0, 0.05) is 24.4 Å². The van der Waals surface area contributed by atoms with E-state index in [2.05, 4.69) is 27.5 Å². The Balaban J connectivity index is 1.82. The number of aliphatic carboxylic acids is 1. The predicted octanol–water partition coefficient (Wildman–Crippen LogP) is 0.503. The molecule has 1 aliphatic rings. The summed E-state index contributed by atoms with van der Waals surface area (Å²) in [4.78, 5) is 29.4. The van der Waals surface area contributed by atoms with Crippen LogP contribution in [0.15, 0.2) is 12.5 Å². The molecule has 1 fully saturated rings. The largest absolute Gasteiger partial charge is 0.480 e. The molecule has 7 heteroatoms. The average Bonchev–Trinajstić information content (AvgIpc) is 2.78. The zero-order chi connectivity index (χ0) is 13.8. The van der Waals surface area contributed by atoms with Gasteiger partial charge in [-0.15, -0.1) is 0 Å². The summed E-state index contributed by atoms with van der Waals surface area (Å²) < 4.78 is 0. The van der Waals surface area contributed by atoms with Crippen molar-refractivity contribution in [1.29, 1.82) is 0 Å². The van der Waals surface area contributed by atoms with Gasteiger partial charge < -0.3 is 20.7 Å². The second kappa shape index (κ2) is 5.73. The molecular formula is C12H18N4O3. The number of hydrogen-bond acceptors (Lipinski definition) is 3. The molecule has 1 aromatic rings. The average molecular weight is 266 g/mol. The molecule has 1 heterocycles. The van der Waals surface area contributed by atoms with Crippen molar-refractivity contribution in [2.24, 2.45) is 5.92 Å². The van der Waals surface area contributed by atoms with Crippen LogP contribution in [0.25, 0.3) is 0 Å². The maximum absolute atomic E-state index is 11.7. The molecule has 1 aliphatic carbocycles. The quantitative estimate of drug-likeness (QED) is 0.622. The van der Waals surface area contributed by atoms with Crippen molar-refractivity contribution in [1.82, 2.24) is 20.6 Å². The van der Waals surface area contributed by atoms with Gasteiger partial charge in [-0.05, 0) is 18.8 Å². The van der Waals surface area contributed by atoms with Gasteiger partial charge in [-0.25, -0.2) is 14.6 Å². The summed E-state index contributed by atoms with van der Waals surface area (Å²) in [5.41, 5.74) is 0.671. The first-order valence-corrected chi connectivity index (χ1v) is 6.31. The van der Waals surface area contributed by atoms with Crippen molar-refractivity contribution >= 4 is 12.0 Å². The monoisotopic (exact) mass is 266 g/mol. The first-order valence-electron chi connectivity index (χ1n) is 6.31. The number of rotatable bonds is 5. The van der Waals surface area contributed by atoms with Gasteiger partial charge in [0.2, 0.25) is 0 Å². The van der Waals surface area contributed by atoms with Crippen molar-refractivity contribution in [3.05, 3.63) is 18.2 Å². The molecule has 0 saturated heterocycles. The van der Waals surface area contributed by atoms with E-state index in [4.69, 9.17) is 5.11 Å². The van der Waals surface area contributed by atoms with Crippen LogP contribution in [0.2, 0.25) is 0 Å². The number of carboxylic acids is 1. The van der Waals surface area contributed by atoms with E-state index in [1.165, 1.54) is 6.33 Å². The van der Waals surface area contributed by atoms with Gasteiger partial charge in [-0.3, -0.25) is 0 Å². The Morgan fingerprint density at radius 3 is 2.84 bits per heavy atom. The summed E-state index contributed by atoms with van der Waals surface area (Å²) >= 11 is 0. The predicted molar refractivity (Wildman–Crippen MR) is 67.6 cm³/mol. The Bertz CT molecular complexity index is 440. The topological polar surface area (TPSA) is 107 Å². The molecule has 0 aromatic carbocycles. The molecule has 7 nitrogen and oxygen atoms in total. The molecule has 4 N–H and O–H groups in total. The van der Waals surface area contributed by atoms with Crippen molar-refractivity contribution < 1.29 is 14.7 Å². The molecule has 0 unspecified atom stereocenters. The second-order valence-corrected chi connectivity index (χ2v) is 5.06. The molecule has 19 heavy (non-hydrogen) atoms. The minimum Gasteiger partial charge on any atom is -0.480 e. The first-order chi connectivity index (χ1) is 9.04. The van der Waals surface area contributed by atoms with E-state index >= 15 is 0 Å². The van der Waals surface area contributed by atoms with Gasteiger partial charge in [-0.2, -0.15) is 0 Å². The summed E-state index contributed by atoms with van der Waals surface area (Å²) in [6.45, 7) is 2.12. The number of nitrogens with one attached hydrogen (secondary N) is 3. The maximum Gasteiger partial charge on any atom is 0.326 e. The second-order valence-electron chi connectivity index (χ2n) is 5.06.